The molecule has 128 valence electrons. The van der Waals surface area contributed by atoms with Crippen LogP contribution in [0.2, 0.25) is 0 Å². The van der Waals surface area contributed by atoms with Crippen LogP contribution in [0.1, 0.15) is 31.4 Å². The lowest BCUT2D eigenvalue weighted by atomic mass is 10.1. The largest absolute Gasteiger partial charge is 0.494 e. The molecule has 3 rings (SSSR count). The predicted octanol–water partition coefficient (Wildman–Crippen LogP) is 2.31. The normalized spacial score (nSPS) is 15.7. The summed E-state index contributed by atoms with van der Waals surface area (Å²) in [6.45, 7) is 5.60. The zero-order valence-electron chi connectivity index (χ0n) is 14.1. The number of aromatic nitrogens is 2. The summed E-state index contributed by atoms with van der Waals surface area (Å²) in [5.41, 5.74) is 2.11. The summed E-state index contributed by atoms with van der Waals surface area (Å²) in [5, 5.41) is 7.04. The number of nitrogens with one attached hydrogen (secondary N) is 1. The first kappa shape index (κ1) is 16.4. The molecule has 1 unspecified atom stereocenters. The molecular formula is C18H23N3O3. The van der Waals surface area contributed by atoms with Crippen LogP contribution in [-0.2, 0) is 24.3 Å². The number of carbonyl (C=O) groups excluding carboxylic acids is 1. The van der Waals surface area contributed by atoms with Gasteiger partial charge in [-0.1, -0.05) is 0 Å². The van der Waals surface area contributed by atoms with Crippen molar-refractivity contribution in [3.63, 3.8) is 0 Å². The highest BCUT2D eigenvalue weighted by Gasteiger charge is 2.22. The molecule has 1 aromatic heterocycles. The average Bonchev–Trinajstić information content (AvgIpc) is 3.19. The molecule has 1 amide bonds. The van der Waals surface area contributed by atoms with Gasteiger partial charge in [0.2, 0.25) is 5.91 Å². The summed E-state index contributed by atoms with van der Waals surface area (Å²) in [7, 11) is 0. The zero-order valence-corrected chi connectivity index (χ0v) is 14.1. The summed E-state index contributed by atoms with van der Waals surface area (Å²) in [5.74, 6) is 1.70. The van der Waals surface area contributed by atoms with Crippen molar-refractivity contribution in [1.82, 2.24) is 15.1 Å². The summed E-state index contributed by atoms with van der Waals surface area (Å²) >= 11 is 0. The molecule has 0 fully saturated rings. The Hall–Kier alpha value is -2.50. The topological polar surface area (TPSA) is 65.4 Å². The maximum Gasteiger partial charge on any atom is 0.222 e. The number of carbonyl (C=O) groups is 1. The van der Waals surface area contributed by atoms with Crippen molar-refractivity contribution in [2.24, 2.45) is 0 Å². The SMILES string of the molecule is CCOc1cc2c(cc1CNC(=O)CCn1cccn1)OC(C)C2. The smallest absolute Gasteiger partial charge is 0.222 e. The van der Waals surface area contributed by atoms with Crippen molar-refractivity contribution in [2.75, 3.05) is 6.61 Å². The molecule has 1 aliphatic heterocycles. The number of nitrogens with zero attached hydrogens (tertiary/aromatic N) is 2. The van der Waals surface area contributed by atoms with Crippen molar-refractivity contribution in [3.8, 4) is 11.5 Å². The zero-order chi connectivity index (χ0) is 16.9. The Morgan fingerprint density at radius 3 is 3.12 bits per heavy atom. The molecule has 0 bridgehead atoms. The van der Waals surface area contributed by atoms with Crippen molar-refractivity contribution >= 4 is 5.91 Å². The third-order valence-electron chi connectivity index (χ3n) is 3.98. The van der Waals surface area contributed by atoms with Gasteiger partial charge in [-0.05, 0) is 32.0 Å². The van der Waals surface area contributed by atoms with Gasteiger partial charge in [-0.15, -0.1) is 0 Å². The van der Waals surface area contributed by atoms with Crippen LogP contribution in [-0.4, -0.2) is 28.4 Å². The molecule has 1 aromatic carbocycles. The van der Waals surface area contributed by atoms with Gasteiger partial charge >= 0.3 is 0 Å². The second kappa shape index (κ2) is 7.38. The Kier molecular flexibility index (Phi) is 5.03. The van der Waals surface area contributed by atoms with Crippen molar-refractivity contribution in [2.45, 2.75) is 45.9 Å². The van der Waals surface area contributed by atoms with Crippen molar-refractivity contribution in [3.05, 3.63) is 41.7 Å². The number of aryl methyl sites for hydroxylation is 1. The van der Waals surface area contributed by atoms with Crippen molar-refractivity contribution in [1.29, 1.82) is 0 Å². The minimum atomic E-state index is -0.0114. The number of ether oxygens (including phenoxy) is 2. The number of amides is 1. The third kappa shape index (κ3) is 3.88. The van der Waals surface area contributed by atoms with Crippen LogP contribution in [0, 0.1) is 0 Å². The Bertz CT molecular complexity index is 698. The minimum absolute atomic E-state index is 0.0114. The average molecular weight is 329 g/mol. The van der Waals surface area contributed by atoms with Crippen LogP contribution in [0.5, 0.6) is 11.5 Å². The number of hydrogen-bond acceptors (Lipinski definition) is 4. The molecule has 24 heavy (non-hydrogen) atoms. The van der Waals surface area contributed by atoms with E-state index in [0.29, 0.717) is 26.1 Å². The summed E-state index contributed by atoms with van der Waals surface area (Å²) < 4.78 is 13.3. The first-order valence-electron chi connectivity index (χ1n) is 8.35. The maximum absolute atomic E-state index is 12.0. The standard InChI is InChI=1S/C18H23N3O3/c1-3-23-16-10-14-9-13(2)24-17(14)11-15(16)12-19-18(22)5-8-21-7-4-6-20-21/h4,6-7,10-11,13H,3,5,8-9,12H2,1-2H3,(H,19,22). The highest BCUT2D eigenvalue weighted by Crippen LogP contribution is 2.35. The van der Waals surface area contributed by atoms with E-state index < -0.39 is 0 Å². The van der Waals surface area contributed by atoms with Crippen LogP contribution in [0.3, 0.4) is 0 Å². The molecule has 1 atom stereocenters. The van der Waals surface area contributed by atoms with Crippen LogP contribution in [0.25, 0.3) is 0 Å². The van der Waals surface area contributed by atoms with E-state index in [9.17, 15) is 4.79 Å². The molecule has 0 radical (unpaired) electrons. The molecule has 1 aliphatic rings. The molecule has 0 saturated heterocycles. The van der Waals surface area contributed by atoms with Gasteiger partial charge in [0.05, 0.1) is 6.61 Å². The van der Waals surface area contributed by atoms with E-state index in [1.54, 1.807) is 10.9 Å². The van der Waals surface area contributed by atoms with Gasteiger partial charge in [0.15, 0.2) is 0 Å². The summed E-state index contributed by atoms with van der Waals surface area (Å²) in [6, 6.07) is 5.86. The molecular weight excluding hydrogens is 306 g/mol. The molecule has 0 spiro atoms. The molecule has 6 heteroatoms. The minimum Gasteiger partial charge on any atom is -0.494 e. The fourth-order valence-corrected chi connectivity index (χ4v) is 2.84. The van der Waals surface area contributed by atoms with Gasteiger partial charge in [0.1, 0.15) is 17.6 Å². The van der Waals surface area contributed by atoms with Gasteiger partial charge in [0.25, 0.3) is 0 Å². The number of hydrogen-bond donors (Lipinski definition) is 1. The predicted molar refractivity (Wildman–Crippen MR) is 90.1 cm³/mol. The van der Waals surface area contributed by atoms with Gasteiger partial charge in [-0.3, -0.25) is 9.48 Å². The third-order valence-corrected chi connectivity index (χ3v) is 3.98. The summed E-state index contributed by atoms with van der Waals surface area (Å²) in [6.07, 6.45) is 5.03. The van der Waals surface area contributed by atoms with E-state index in [1.165, 1.54) is 5.56 Å². The fourth-order valence-electron chi connectivity index (χ4n) is 2.84. The van der Waals surface area contributed by atoms with E-state index in [4.69, 9.17) is 9.47 Å². The highest BCUT2D eigenvalue weighted by atomic mass is 16.5. The number of benzene rings is 1. The lowest BCUT2D eigenvalue weighted by Gasteiger charge is -2.13. The molecule has 2 aromatic rings. The van der Waals surface area contributed by atoms with Gasteiger partial charge in [0, 0.05) is 49.5 Å². The van der Waals surface area contributed by atoms with Crippen LogP contribution in [0.15, 0.2) is 30.6 Å². The lowest BCUT2D eigenvalue weighted by Crippen LogP contribution is -2.24. The van der Waals surface area contributed by atoms with Gasteiger partial charge < -0.3 is 14.8 Å². The van der Waals surface area contributed by atoms with Crippen LogP contribution < -0.4 is 14.8 Å². The fraction of sp³-hybridized carbons (Fsp3) is 0.444. The van der Waals surface area contributed by atoms with Crippen molar-refractivity contribution < 1.29 is 14.3 Å². The quantitative estimate of drug-likeness (QED) is 0.846. The maximum atomic E-state index is 12.0. The van der Waals surface area contributed by atoms with Crippen LogP contribution in [0.4, 0.5) is 0 Å². The Balaban J connectivity index is 1.61. The highest BCUT2D eigenvalue weighted by molar-refractivity contribution is 5.75. The van der Waals surface area contributed by atoms with E-state index >= 15 is 0 Å². The molecule has 1 N–H and O–H groups in total. The number of rotatable bonds is 7. The Morgan fingerprint density at radius 1 is 1.50 bits per heavy atom. The number of fused-ring (bicyclic) bond motifs is 1. The molecule has 6 nitrogen and oxygen atoms in total. The van der Waals surface area contributed by atoms with Gasteiger partial charge in [-0.2, -0.15) is 5.10 Å². The van der Waals surface area contributed by atoms with E-state index in [1.807, 2.05) is 31.3 Å². The lowest BCUT2D eigenvalue weighted by molar-refractivity contribution is -0.121. The summed E-state index contributed by atoms with van der Waals surface area (Å²) in [4.78, 5) is 12.0. The molecule has 0 aliphatic carbocycles. The first-order valence-corrected chi connectivity index (χ1v) is 8.35. The second-order valence-corrected chi connectivity index (χ2v) is 5.93. The Morgan fingerprint density at radius 2 is 2.38 bits per heavy atom. The second-order valence-electron chi connectivity index (χ2n) is 5.93. The van der Waals surface area contributed by atoms with E-state index in [-0.39, 0.29) is 12.0 Å². The first-order chi connectivity index (χ1) is 11.7. The Labute approximate surface area is 141 Å². The van der Waals surface area contributed by atoms with E-state index in [2.05, 4.69) is 17.3 Å². The molecule has 2 heterocycles. The molecule has 0 saturated carbocycles. The van der Waals surface area contributed by atoms with Gasteiger partial charge in [-0.25, -0.2) is 0 Å². The van der Waals surface area contributed by atoms with Crippen LogP contribution >= 0.6 is 0 Å². The van der Waals surface area contributed by atoms with E-state index in [0.717, 1.165) is 23.5 Å². The monoisotopic (exact) mass is 329 g/mol.